The molecule has 0 unspecified atom stereocenters. The zero-order valence-corrected chi connectivity index (χ0v) is 15.0. The number of carbonyl (C=O) groups is 1. The van der Waals surface area contributed by atoms with Crippen molar-refractivity contribution >= 4 is 24.0 Å². The molecule has 8 heteroatoms. The van der Waals surface area contributed by atoms with Gasteiger partial charge in [-0.05, 0) is 31.9 Å². The van der Waals surface area contributed by atoms with Crippen molar-refractivity contribution in [2.75, 3.05) is 25.1 Å². The molecule has 136 valence electrons. The van der Waals surface area contributed by atoms with E-state index in [1.807, 2.05) is 31.2 Å². The van der Waals surface area contributed by atoms with E-state index in [1.165, 1.54) is 0 Å². The van der Waals surface area contributed by atoms with Crippen LogP contribution in [0.2, 0.25) is 0 Å². The van der Waals surface area contributed by atoms with Gasteiger partial charge in [0.05, 0.1) is 11.8 Å². The SMILES string of the molecule is Cc1ccc(NC(=O)Cc2noc(C3(CN)CCOCC3)n2)cc1.Cl. The maximum atomic E-state index is 12.1. The summed E-state index contributed by atoms with van der Waals surface area (Å²) in [7, 11) is 0. The van der Waals surface area contributed by atoms with E-state index in [0.29, 0.717) is 31.5 Å². The first-order valence-electron chi connectivity index (χ1n) is 8.09. The number of aryl methyl sites for hydroxylation is 1. The predicted molar refractivity (Wildman–Crippen MR) is 95.8 cm³/mol. The molecule has 0 spiro atoms. The lowest BCUT2D eigenvalue weighted by molar-refractivity contribution is -0.115. The van der Waals surface area contributed by atoms with Crippen LogP contribution in [0.1, 0.15) is 30.1 Å². The van der Waals surface area contributed by atoms with Crippen molar-refractivity contribution in [2.24, 2.45) is 5.73 Å². The van der Waals surface area contributed by atoms with Gasteiger partial charge in [0.2, 0.25) is 11.8 Å². The van der Waals surface area contributed by atoms with E-state index in [9.17, 15) is 4.79 Å². The number of halogens is 1. The molecular formula is C17H23ClN4O3. The molecule has 0 radical (unpaired) electrons. The number of ether oxygens (including phenoxy) is 1. The van der Waals surface area contributed by atoms with Crippen molar-refractivity contribution in [1.29, 1.82) is 0 Å². The summed E-state index contributed by atoms with van der Waals surface area (Å²) >= 11 is 0. The number of carbonyl (C=O) groups excluding carboxylic acids is 1. The van der Waals surface area contributed by atoms with Gasteiger partial charge in [0, 0.05) is 25.4 Å². The van der Waals surface area contributed by atoms with Crippen molar-refractivity contribution in [3.05, 3.63) is 41.5 Å². The van der Waals surface area contributed by atoms with Crippen molar-refractivity contribution in [3.8, 4) is 0 Å². The zero-order valence-electron chi connectivity index (χ0n) is 14.2. The molecule has 0 saturated carbocycles. The van der Waals surface area contributed by atoms with Crippen LogP contribution in [0.5, 0.6) is 0 Å². The van der Waals surface area contributed by atoms with Crippen LogP contribution in [0.25, 0.3) is 0 Å². The molecule has 1 amide bonds. The number of nitrogens with one attached hydrogen (secondary N) is 1. The lowest BCUT2D eigenvalue weighted by atomic mass is 9.80. The Morgan fingerprint density at radius 2 is 1.96 bits per heavy atom. The molecule has 7 nitrogen and oxygen atoms in total. The van der Waals surface area contributed by atoms with Gasteiger partial charge < -0.3 is 20.3 Å². The smallest absolute Gasteiger partial charge is 0.234 e. The number of nitrogens with zero attached hydrogens (tertiary/aromatic N) is 2. The number of aromatic nitrogens is 2. The summed E-state index contributed by atoms with van der Waals surface area (Å²) in [6.07, 6.45) is 1.57. The summed E-state index contributed by atoms with van der Waals surface area (Å²) < 4.78 is 10.8. The van der Waals surface area contributed by atoms with E-state index in [1.54, 1.807) is 0 Å². The molecular weight excluding hydrogens is 344 g/mol. The van der Waals surface area contributed by atoms with Gasteiger partial charge >= 0.3 is 0 Å². The molecule has 1 aliphatic rings. The summed E-state index contributed by atoms with van der Waals surface area (Å²) in [4.78, 5) is 16.5. The van der Waals surface area contributed by atoms with Gasteiger partial charge in [0.1, 0.15) is 0 Å². The Bertz CT molecular complexity index is 696. The van der Waals surface area contributed by atoms with E-state index >= 15 is 0 Å². The Morgan fingerprint density at radius 1 is 1.28 bits per heavy atom. The van der Waals surface area contributed by atoms with Crippen LogP contribution in [0.4, 0.5) is 5.69 Å². The molecule has 1 aliphatic heterocycles. The van der Waals surface area contributed by atoms with Crippen LogP contribution in [0.15, 0.2) is 28.8 Å². The van der Waals surface area contributed by atoms with Gasteiger partial charge in [-0.2, -0.15) is 4.98 Å². The second kappa shape index (κ2) is 8.42. The van der Waals surface area contributed by atoms with Crippen LogP contribution >= 0.6 is 12.4 Å². The number of amides is 1. The molecule has 1 aromatic carbocycles. The van der Waals surface area contributed by atoms with E-state index in [0.717, 1.165) is 24.1 Å². The van der Waals surface area contributed by atoms with E-state index < -0.39 is 0 Å². The number of benzene rings is 1. The fourth-order valence-electron chi connectivity index (χ4n) is 2.79. The second-order valence-corrected chi connectivity index (χ2v) is 6.20. The third kappa shape index (κ3) is 4.56. The highest BCUT2D eigenvalue weighted by atomic mass is 35.5. The topological polar surface area (TPSA) is 103 Å². The Kier molecular flexibility index (Phi) is 6.52. The quantitative estimate of drug-likeness (QED) is 0.838. The minimum absolute atomic E-state index is 0. The molecule has 1 aromatic heterocycles. The van der Waals surface area contributed by atoms with E-state index in [2.05, 4.69) is 15.5 Å². The van der Waals surface area contributed by atoms with Gasteiger partial charge in [-0.3, -0.25) is 4.79 Å². The Balaban J connectivity index is 0.00000225. The van der Waals surface area contributed by atoms with Gasteiger partial charge in [0.15, 0.2) is 5.82 Å². The molecule has 2 aromatic rings. The van der Waals surface area contributed by atoms with Crippen LogP contribution in [0.3, 0.4) is 0 Å². The first-order valence-corrected chi connectivity index (χ1v) is 8.09. The third-order valence-electron chi connectivity index (χ3n) is 4.42. The Hall–Kier alpha value is -1.96. The fraction of sp³-hybridized carbons (Fsp3) is 0.471. The maximum absolute atomic E-state index is 12.1. The second-order valence-electron chi connectivity index (χ2n) is 6.20. The minimum atomic E-state index is -0.336. The zero-order chi connectivity index (χ0) is 17.0. The molecule has 0 atom stereocenters. The number of rotatable bonds is 5. The summed E-state index contributed by atoms with van der Waals surface area (Å²) in [5.41, 5.74) is 7.48. The predicted octanol–water partition coefficient (Wildman–Crippen LogP) is 1.99. The van der Waals surface area contributed by atoms with Crippen molar-refractivity contribution in [3.63, 3.8) is 0 Å². The minimum Gasteiger partial charge on any atom is -0.381 e. The highest BCUT2D eigenvalue weighted by Gasteiger charge is 2.38. The highest BCUT2D eigenvalue weighted by Crippen LogP contribution is 2.32. The molecule has 2 heterocycles. The molecule has 1 fully saturated rings. The Morgan fingerprint density at radius 3 is 2.60 bits per heavy atom. The first kappa shape index (κ1) is 19.4. The number of hydrogen-bond donors (Lipinski definition) is 2. The highest BCUT2D eigenvalue weighted by molar-refractivity contribution is 5.91. The summed E-state index contributed by atoms with van der Waals surface area (Å²) in [5, 5.41) is 6.76. The van der Waals surface area contributed by atoms with Gasteiger partial charge in [-0.1, -0.05) is 22.9 Å². The van der Waals surface area contributed by atoms with Crippen LogP contribution in [0, 0.1) is 6.92 Å². The maximum Gasteiger partial charge on any atom is 0.234 e. The van der Waals surface area contributed by atoms with Gasteiger partial charge in [-0.25, -0.2) is 0 Å². The monoisotopic (exact) mass is 366 g/mol. The van der Waals surface area contributed by atoms with Gasteiger partial charge in [-0.15, -0.1) is 12.4 Å². The van der Waals surface area contributed by atoms with E-state index in [-0.39, 0.29) is 30.2 Å². The lowest BCUT2D eigenvalue weighted by Gasteiger charge is -2.32. The van der Waals surface area contributed by atoms with Crippen LogP contribution in [-0.4, -0.2) is 35.8 Å². The van der Waals surface area contributed by atoms with E-state index in [4.69, 9.17) is 15.0 Å². The average Bonchev–Trinajstić information content (AvgIpc) is 3.06. The molecule has 0 bridgehead atoms. The molecule has 0 aliphatic carbocycles. The number of hydrogen-bond acceptors (Lipinski definition) is 6. The summed E-state index contributed by atoms with van der Waals surface area (Å²) in [6.45, 7) is 3.68. The standard InChI is InChI=1S/C17H22N4O3.ClH/c1-12-2-4-13(5-3-12)19-15(22)10-14-20-16(24-21-14)17(11-18)6-8-23-9-7-17;/h2-5H,6-11,18H2,1H3,(H,19,22);1H. The average molecular weight is 367 g/mol. The molecule has 1 saturated heterocycles. The molecule has 3 N–H and O–H groups in total. The molecule has 3 rings (SSSR count). The Labute approximate surface area is 152 Å². The lowest BCUT2D eigenvalue weighted by Crippen LogP contribution is -2.41. The van der Waals surface area contributed by atoms with Crippen LogP contribution < -0.4 is 11.1 Å². The normalized spacial score (nSPS) is 16.1. The van der Waals surface area contributed by atoms with Crippen molar-refractivity contribution in [2.45, 2.75) is 31.6 Å². The van der Waals surface area contributed by atoms with Crippen molar-refractivity contribution in [1.82, 2.24) is 10.1 Å². The third-order valence-corrected chi connectivity index (χ3v) is 4.42. The number of nitrogens with two attached hydrogens (primary N) is 1. The van der Waals surface area contributed by atoms with Crippen molar-refractivity contribution < 1.29 is 14.1 Å². The van der Waals surface area contributed by atoms with Gasteiger partial charge in [0.25, 0.3) is 0 Å². The fourth-order valence-corrected chi connectivity index (χ4v) is 2.79. The van der Waals surface area contributed by atoms with Crippen LogP contribution in [-0.2, 0) is 21.4 Å². The molecule has 25 heavy (non-hydrogen) atoms. The largest absolute Gasteiger partial charge is 0.381 e. The number of anilines is 1. The summed E-state index contributed by atoms with van der Waals surface area (Å²) in [6, 6.07) is 7.61. The summed E-state index contributed by atoms with van der Waals surface area (Å²) in [5.74, 6) is 0.695. The first-order chi connectivity index (χ1) is 11.6.